The zero-order valence-corrected chi connectivity index (χ0v) is 20.5. The summed E-state index contributed by atoms with van der Waals surface area (Å²) in [6, 6.07) is 21.1. The quantitative estimate of drug-likeness (QED) is 0.244. The van der Waals surface area contributed by atoms with Gasteiger partial charge in [-0.05, 0) is 41.5 Å². The number of ether oxygens (including phenoxy) is 1. The molecule has 182 valence electrons. The fraction of sp³-hybridized carbons (Fsp3) is 0.250. The Balaban J connectivity index is 1.38. The van der Waals surface area contributed by atoms with Crippen LogP contribution in [-0.4, -0.2) is 55.2 Å². The molecule has 0 saturated carbocycles. The highest BCUT2D eigenvalue weighted by molar-refractivity contribution is 7.22. The number of para-hydroxylation sites is 1. The van der Waals surface area contributed by atoms with Gasteiger partial charge < -0.3 is 9.15 Å². The average molecular weight is 500 g/mol. The van der Waals surface area contributed by atoms with Crippen molar-refractivity contribution in [2.75, 3.05) is 44.3 Å². The van der Waals surface area contributed by atoms with E-state index in [2.05, 4.69) is 4.90 Å². The first-order valence-electron chi connectivity index (χ1n) is 12.1. The van der Waals surface area contributed by atoms with Gasteiger partial charge in [0.15, 0.2) is 5.13 Å². The second-order valence-electron chi connectivity index (χ2n) is 8.87. The van der Waals surface area contributed by atoms with E-state index in [-0.39, 0.29) is 11.5 Å². The van der Waals surface area contributed by atoms with Crippen LogP contribution in [0.5, 0.6) is 0 Å². The van der Waals surface area contributed by atoms with Gasteiger partial charge in [-0.1, -0.05) is 53.8 Å². The summed E-state index contributed by atoms with van der Waals surface area (Å²) in [6.45, 7) is 4.52. The van der Waals surface area contributed by atoms with Crippen LogP contribution in [0, 0.1) is 0 Å². The summed E-state index contributed by atoms with van der Waals surface area (Å²) in [5.74, 6) is -0.389. The van der Waals surface area contributed by atoms with E-state index in [1.54, 1.807) is 17.0 Å². The van der Waals surface area contributed by atoms with Gasteiger partial charge in [-0.3, -0.25) is 14.6 Å². The molecule has 1 aliphatic heterocycles. The van der Waals surface area contributed by atoms with Crippen molar-refractivity contribution in [3.8, 4) is 0 Å². The van der Waals surface area contributed by atoms with Crippen molar-refractivity contribution in [1.29, 1.82) is 0 Å². The van der Waals surface area contributed by atoms with Crippen LogP contribution < -0.4 is 10.5 Å². The Hall–Kier alpha value is -3.59. The van der Waals surface area contributed by atoms with Crippen LogP contribution in [0.2, 0.25) is 0 Å². The lowest BCUT2D eigenvalue weighted by Crippen LogP contribution is -2.40. The van der Waals surface area contributed by atoms with E-state index in [0.717, 1.165) is 65.6 Å². The van der Waals surface area contributed by atoms with Gasteiger partial charge in [0.2, 0.25) is 0 Å². The van der Waals surface area contributed by atoms with Crippen molar-refractivity contribution in [2.24, 2.45) is 0 Å². The van der Waals surface area contributed by atoms with Gasteiger partial charge in [0.1, 0.15) is 11.1 Å². The highest BCUT2D eigenvalue weighted by Crippen LogP contribution is 2.30. The molecule has 0 aliphatic carbocycles. The number of fused-ring (bicyclic) bond motifs is 4. The Morgan fingerprint density at radius 2 is 1.81 bits per heavy atom. The monoisotopic (exact) mass is 499 g/mol. The van der Waals surface area contributed by atoms with Crippen LogP contribution >= 0.6 is 11.3 Å². The van der Waals surface area contributed by atoms with Gasteiger partial charge in [-0.2, -0.15) is 0 Å². The number of morpholine rings is 1. The highest BCUT2D eigenvalue weighted by Gasteiger charge is 2.25. The maximum Gasteiger partial charge on any atom is 0.349 e. The van der Waals surface area contributed by atoms with Crippen LogP contribution in [0.15, 0.2) is 75.9 Å². The number of carbonyl (C=O) groups is 1. The average Bonchev–Trinajstić information content (AvgIpc) is 3.35. The third-order valence-corrected chi connectivity index (χ3v) is 7.65. The summed E-state index contributed by atoms with van der Waals surface area (Å²) in [6.07, 6.45) is 0.753. The van der Waals surface area contributed by atoms with Crippen LogP contribution in [0.3, 0.4) is 0 Å². The molecule has 0 radical (unpaired) electrons. The van der Waals surface area contributed by atoms with Gasteiger partial charge in [0.05, 0.1) is 23.4 Å². The molecule has 3 aromatic carbocycles. The number of hydrogen-bond acceptors (Lipinski definition) is 7. The lowest BCUT2D eigenvalue weighted by Gasteiger charge is -2.27. The minimum absolute atomic E-state index is 0.0180. The summed E-state index contributed by atoms with van der Waals surface area (Å²) in [5.41, 5.74) is 0.681. The van der Waals surface area contributed by atoms with Crippen molar-refractivity contribution < 1.29 is 13.9 Å². The molecule has 8 heteroatoms. The minimum Gasteiger partial charge on any atom is -0.422 e. The zero-order valence-electron chi connectivity index (χ0n) is 19.7. The predicted molar refractivity (Wildman–Crippen MR) is 143 cm³/mol. The molecule has 1 saturated heterocycles. The minimum atomic E-state index is -0.637. The van der Waals surface area contributed by atoms with E-state index in [9.17, 15) is 9.59 Å². The maximum absolute atomic E-state index is 13.9. The highest BCUT2D eigenvalue weighted by atomic mass is 32.1. The molecule has 1 aliphatic rings. The lowest BCUT2D eigenvalue weighted by atomic mass is 10.0. The topological polar surface area (TPSA) is 75.9 Å². The second-order valence-corrected chi connectivity index (χ2v) is 9.88. The smallest absolute Gasteiger partial charge is 0.349 e. The number of benzene rings is 3. The molecule has 1 amide bonds. The number of rotatable bonds is 6. The molecule has 2 aromatic heterocycles. The third kappa shape index (κ3) is 4.39. The number of amides is 1. The Bertz CT molecular complexity index is 1590. The molecule has 1 fully saturated rings. The normalized spacial score (nSPS) is 14.6. The molecular weight excluding hydrogens is 474 g/mol. The number of aromatic nitrogens is 1. The standard InChI is InChI=1S/C28H25N3O4S/c32-26(22-18-21-20-7-2-1-6-19(20)10-11-24(21)35-27(22)33)31(13-5-12-30-14-16-34-17-15-30)28-29-23-8-3-4-9-25(23)36-28/h1-4,6-11,18H,5,12-17H2. The van der Waals surface area contributed by atoms with E-state index < -0.39 is 5.63 Å². The van der Waals surface area contributed by atoms with Crippen LogP contribution in [0.1, 0.15) is 16.8 Å². The van der Waals surface area contributed by atoms with E-state index in [1.165, 1.54) is 11.3 Å². The van der Waals surface area contributed by atoms with Gasteiger partial charge in [-0.25, -0.2) is 9.78 Å². The van der Waals surface area contributed by atoms with E-state index in [4.69, 9.17) is 14.1 Å². The van der Waals surface area contributed by atoms with Gasteiger partial charge in [0, 0.05) is 31.6 Å². The summed E-state index contributed by atoms with van der Waals surface area (Å²) in [4.78, 5) is 35.6. The largest absolute Gasteiger partial charge is 0.422 e. The van der Waals surface area contributed by atoms with Crippen molar-refractivity contribution in [1.82, 2.24) is 9.88 Å². The molecule has 0 bridgehead atoms. The van der Waals surface area contributed by atoms with Crippen LogP contribution in [-0.2, 0) is 4.74 Å². The molecule has 6 rings (SSSR count). The molecule has 3 heterocycles. The van der Waals surface area contributed by atoms with Crippen LogP contribution in [0.25, 0.3) is 32.0 Å². The molecule has 5 aromatic rings. The van der Waals surface area contributed by atoms with E-state index in [0.29, 0.717) is 17.3 Å². The summed E-state index contributed by atoms with van der Waals surface area (Å²) >= 11 is 1.45. The fourth-order valence-corrected chi connectivity index (χ4v) is 5.69. The second kappa shape index (κ2) is 9.81. The summed E-state index contributed by atoms with van der Waals surface area (Å²) in [7, 11) is 0. The van der Waals surface area contributed by atoms with Crippen molar-refractivity contribution in [2.45, 2.75) is 6.42 Å². The lowest BCUT2D eigenvalue weighted by molar-refractivity contribution is 0.0376. The number of thiazole rings is 1. The first-order chi connectivity index (χ1) is 17.7. The number of nitrogens with zero attached hydrogens (tertiary/aromatic N) is 3. The Morgan fingerprint density at radius 3 is 2.67 bits per heavy atom. The number of anilines is 1. The van der Waals surface area contributed by atoms with Crippen molar-refractivity contribution >= 4 is 54.3 Å². The van der Waals surface area contributed by atoms with Crippen molar-refractivity contribution in [3.05, 3.63) is 82.7 Å². The maximum atomic E-state index is 13.9. The van der Waals surface area contributed by atoms with Crippen molar-refractivity contribution in [3.63, 3.8) is 0 Å². The molecule has 0 atom stereocenters. The zero-order chi connectivity index (χ0) is 24.5. The first kappa shape index (κ1) is 22.8. The summed E-state index contributed by atoms with van der Waals surface area (Å²) < 4.78 is 12.1. The third-order valence-electron chi connectivity index (χ3n) is 6.59. The van der Waals surface area contributed by atoms with Gasteiger partial charge in [-0.15, -0.1) is 0 Å². The molecule has 0 unspecified atom stereocenters. The molecule has 36 heavy (non-hydrogen) atoms. The summed E-state index contributed by atoms with van der Waals surface area (Å²) in [5, 5.41) is 3.28. The Kier molecular flexibility index (Phi) is 6.23. The SMILES string of the molecule is O=C(c1cc2c(ccc3ccccc32)oc1=O)N(CCCN1CCOCC1)c1nc2ccccc2s1. The predicted octanol–water partition coefficient (Wildman–Crippen LogP) is 4.93. The Morgan fingerprint density at radius 1 is 1.00 bits per heavy atom. The fourth-order valence-electron chi connectivity index (χ4n) is 4.70. The molecule has 0 N–H and O–H groups in total. The number of hydrogen-bond donors (Lipinski definition) is 0. The van der Waals surface area contributed by atoms with Gasteiger partial charge in [0.25, 0.3) is 5.91 Å². The molecular formula is C28H25N3O4S. The molecule has 7 nitrogen and oxygen atoms in total. The van der Waals surface area contributed by atoms with Crippen LogP contribution in [0.4, 0.5) is 5.13 Å². The number of carbonyl (C=O) groups excluding carboxylic acids is 1. The Labute approximate surface area is 211 Å². The van der Waals surface area contributed by atoms with Gasteiger partial charge >= 0.3 is 5.63 Å². The van der Waals surface area contributed by atoms with E-state index in [1.807, 2.05) is 54.6 Å². The molecule has 0 spiro atoms. The first-order valence-corrected chi connectivity index (χ1v) is 12.9. The van der Waals surface area contributed by atoms with E-state index >= 15 is 0 Å².